The maximum atomic E-state index is 12.2. The first kappa shape index (κ1) is 17.3. The van der Waals surface area contributed by atoms with Gasteiger partial charge in [0.15, 0.2) is 0 Å². The van der Waals surface area contributed by atoms with Gasteiger partial charge >= 0.3 is 12.1 Å². The van der Waals surface area contributed by atoms with E-state index in [1.807, 2.05) is 30.3 Å². The van der Waals surface area contributed by atoms with Crippen molar-refractivity contribution < 1.29 is 19.1 Å². The zero-order valence-corrected chi connectivity index (χ0v) is 13.8. The van der Waals surface area contributed by atoms with Gasteiger partial charge < -0.3 is 15.2 Å². The Morgan fingerprint density at radius 3 is 2.52 bits per heavy atom. The SMILES string of the molecule is CC(C)(C)OC(=O)C1CCN(C(=O)OCc2ccccc2)C1N. The van der Waals surface area contributed by atoms with Gasteiger partial charge in [-0.1, -0.05) is 30.3 Å². The lowest BCUT2D eigenvalue weighted by molar-refractivity contribution is -0.160. The number of esters is 1. The van der Waals surface area contributed by atoms with Crippen molar-refractivity contribution in [3.05, 3.63) is 35.9 Å². The summed E-state index contributed by atoms with van der Waals surface area (Å²) in [7, 11) is 0. The number of carbonyl (C=O) groups is 2. The van der Waals surface area contributed by atoms with Crippen LogP contribution >= 0.6 is 0 Å². The van der Waals surface area contributed by atoms with Crippen molar-refractivity contribution >= 4 is 12.1 Å². The molecule has 0 saturated carbocycles. The molecule has 1 heterocycles. The highest BCUT2D eigenvalue weighted by Crippen LogP contribution is 2.25. The second-order valence-electron chi connectivity index (χ2n) is 6.65. The Morgan fingerprint density at radius 1 is 1.26 bits per heavy atom. The van der Waals surface area contributed by atoms with E-state index >= 15 is 0 Å². The summed E-state index contributed by atoms with van der Waals surface area (Å²) < 4.78 is 10.6. The van der Waals surface area contributed by atoms with E-state index < -0.39 is 23.8 Å². The summed E-state index contributed by atoms with van der Waals surface area (Å²) in [6.07, 6.45) is -0.739. The van der Waals surface area contributed by atoms with E-state index in [2.05, 4.69) is 0 Å². The van der Waals surface area contributed by atoms with Crippen LogP contribution < -0.4 is 5.73 Å². The molecular formula is C17H24N2O4. The Labute approximate surface area is 136 Å². The molecule has 1 aromatic rings. The number of hydrogen-bond acceptors (Lipinski definition) is 5. The van der Waals surface area contributed by atoms with Crippen LogP contribution in [0.5, 0.6) is 0 Å². The van der Waals surface area contributed by atoms with E-state index in [1.165, 1.54) is 4.90 Å². The first-order valence-electron chi connectivity index (χ1n) is 7.74. The predicted molar refractivity (Wildman–Crippen MR) is 85.3 cm³/mol. The molecule has 2 unspecified atom stereocenters. The monoisotopic (exact) mass is 320 g/mol. The molecule has 2 atom stereocenters. The highest BCUT2D eigenvalue weighted by Gasteiger charge is 2.41. The summed E-state index contributed by atoms with van der Waals surface area (Å²) >= 11 is 0. The van der Waals surface area contributed by atoms with Crippen LogP contribution in [0.25, 0.3) is 0 Å². The summed E-state index contributed by atoms with van der Waals surface area (Å²) in [6.45, 7) is 5.98. The second kappa shape index (κ2) is 7.00. The molecule has 1 aliphatic heterocycles. The number of benzene rings is 1. The molecule has 0 spiro atoms. The molecular weight excluding hydrogens is 296 g/mol. The molecule has 1 saturated heterocycles. The number of hydrogen-bond donors (Lipinski definition) is 1. The van der Waals surface area contributed by atoms with Crippen LogP contribution in [0.3, 0.4) is 0 Å². The van der Waals surface area contributed by atoms with Crippen LogP contribution in [0.2, 0.25) is 0 Å². The first-order valence-corrected chi connectivity index (χ1v) is 7.74. The second-order valence-corrected chi connectivity index (χ2v) is 6.65. The van der Waals surface area contributed by atoms with Crippen molar-refractivity contribution in [3.8, 4) is 0 Å². The van der Waals surface area contributed by atoms with Crippen LogP contribution in [0.1, 0.15) is 32.8 Å². The minimum absolute atomic E-state index is 0.181. The Hall–Kier alpha value is -2.08. The minimum atomic E-state index is -0.715. The highest BCUT2D eigenvalue weighted by atomic mass is 16.6. The lowest BCUT2D eigenvalue weighted by Gasteiger charge is -2.26. The minimum Gasteiger partial charge on any atom is -0.460 e. The fourth-order valence-electron chi connectivity index (χ4n) is 2.47. The molecule has 23 heavy (non-hydrogen) atoms. The van der Waals surface area contributed by atoms with E-state index in [1.54, 1.807) is 20.8 Å². The van der Waals surface area contributed by atoms with Gasteiger partial charge in [-0.15, -0.1) is 0 Å². The molecule has 126 valence electrons. The van der Waals surface area contributed by atoms with Gasteiger partial charge in [-0.2, -0.15) is 0 Å². The van der Waals surface area contributed by atoms with Crippen molar-refractivity contribution in [3.63, 3.8) is 0 Å². The number of nitrogens with two attached hydrogens (primary N) is 1. The van der Waals surface area contributed by atoms with Gasteiger partial charge in [-0.05, 0) is 32.8 Å². The molecule has 0 aromatic heterocycles. The third-order valence-corrected chi connectivity index (χ3v) is 3.60. The van der Waals surface area contributed by atoms with Crippen molar-refractivity contribution in [2.45, 2.75) is 45.6 Å². The van der Waals surface area contributed by atoms with E-state index in [9.17, 15) is 9.59 Å². The number of likely N-dealkylation sites (tertiary alicyclic amines) is 1. The van der Waals surface area contributed by atoms with Crippen LogP contribution in [0.4, 0.5) is 4.79 Å². The average molecular weight is 320 g/mol. The van der Waals surface area contributed by atoms with Crippen LogP contribution in [0.15, 0.2) is 30.3 Å². The van der Waals surface area contributed by atoms with Gasteiger partial charge in [-0.25, -0.2) is 4.79 Å². The number of amides is 1. The normalized spacial score (nSPS) is 21.1. The van der Waals surface area contributed by atoms with Gasteiger partial charge in [0.25, 0.3) is 0 Å². The summed E-state index contributed by atoms with van der Waals surface area (Å²) in [5.74, 6) is -0.887. The Kier molecular flexibility index (Phi) is 5.26. The lowest BCUT2D eigenvalue weighted by atomic mass is 10.1. The van der Waals surface area contributed by atoms with Gasteiger partial charge in [0.05, 0.1) is 12.1 Å². The highest BCUT2D eigenvalue weighted by molar-refractivity contribution is 5.76. The number of ether oxygens (including phenoxy) is 2. The standard InChI is InChI=1S/C17H24N2O4/c1-17(2,3)23-15(20)13-9-10-19(14(13)18)16(21)22-11-12-7-5-4-6-8-12/h4-8,13-14H,9-11,18H2,1-3H3. The lowest BCUT2D eigenvalue weighted by Crippen LogP contribution is -2.47. The zero-order valence-electron chi connectivity index (χ0n) is 13.8. The third kappa shape index (κ3) is 4.69. The fourth-order valence-corrected chi connectivity index (χ4v) is 2.47. The van der Waals surface area contributed by atoms with Crippen LogP contribution in [0, 0.1) is 5.92 Å². The summed E-state index contributed by atoms with van der Waals surface area (Å²) in [4.78, 5) is 25.7. The van der Waals surface area contributed by atoms with Gasteiger partial charge in [0.2, 0.25) is 0 Å². The molecule has 2 rings (SSSR count). The Bertz CT molecular complexity index is 553. The van der Waals surface area contributed by atoms with Crippen LogP contribution in [-0.4, -0.2) is 35.3 Å². The summed E-state index contributed by atoms with van der Waals surface area (Å²) in [5, 5.41) is 0. The smallest absolute Gasteiger partial charge is 0.411 e. The van der Waals surface area contributed by atoms with E-state index in [0.717, 1.165) is 5.56 Å². The molecule has 1 aromatic carbocycles. The predicted octanol–water partition coefficient (Wildman–Crippen LogP) is 2.27. The molecule has 0 radical (unpaired) electrons. The molecule has 1 aliphatic rings. The molecule has 0 aliphatic carbocycles. The molecule has 1 amide bonds. The maximum Gasteiger partial charge on any atom is 0.411 e. The summed E-state index contributed by atoms with van der Waals surface area (Å²) in [6, 6.07) is 9.40. The van der Waals surface area contributed by atoms with Crippen molar-refractivity contribution in [1.82, 2.24) is 4.90 Å². The van der Waals surface area contributed by atoms with E-state index in [-0.39, 0.29) is 12.6 Å². The molecule has 6 heteroatoms. The van der Waals surface area contributed by atoms with E-state index in [0.29, 0.717) is 13.0 Å². The largest absolute Gasteiger partial charge is 0.460 e. The first-order chi connectivity index (χ1) is 10.8. The number of carbonyl (C=O) groups excluding carboxylic acids is 2. The van der Waals surface area contributed by atoms with Gasteiger partial charge in [-0.3, -0.25) is 9.69 Å². The number of nitrogens with zero attached hydrogens (tertiary/aromatic N) is 1. The van der Waals surface area contributed by atoms with Crippen molar-refractivity contribution in [1.29, 1.82) is 0 Å². The van der Waals surface area contributed by atoms with E-state index in [4.69, 9.17) is 15.2 Å². The fraction of sp³-hybridized carbons (Fsp3) is 0.529. The summed E-state index contributed by atoms with van der Waals surface area (Å²) in [5.41, 5.74) is 6.37. The quantitative estimate of drug-likeness (QED) is 0.864. The maximum absolute atomic E-state index is 12.2. The van der Waals surface area contributed by atoms with Gasteiger partial charge in [0, 0.05) is 6.54 Å². The molecule has 6 nitrogen and oxygen atoms in total. The Morgan fingerprint density at radius 2 is 1.91 bits per heavy atom. The molecule has 2 N–H and O–H groups in total. The zero-order chi connectivity index (χ0) is 17.0. The molecule has 1 fully saturated rings. The Balaban J connectivity index is 1.89. The average Bonchev–Trinajstić information content (AvgIpc) is 2.86. The third-order valence-electron chi connectivity index (χ3n) is 3.60. The van der Waals surface area contributed by atoms with Crippen LogP contribution in [-0.2, 0) is 20.9 Å². The topological polar surface area (TPSA) is 81.9 Å². The number of rotatable bonds is 3. The molecule has 0 bridgehead atoms. The van der Waals surface area contributed by atoms with Gasteiger partial charge in [0.1, 0.15) is 12.2 Å². The van der Waals surface area contributed by atoms with Crippen molar-refractivity contribution in [2.75, 3.05) is 6.54 Å². The van der Waals surface area contributed by atoms with Crippen molar-refractivity contribution in [2.24, 2.45) is 11.7 Å².